The van der Waals surface area contributed by atoms with Crippen molar-refractivity contribution >= 4 is 11.8 Å². The highest BCUT2D eigenvalue weighted by atomic mass is 19.4. The van der Waals surface area contributed by atoms with E-state index in [1.807, 2.05) is 0 Å². The largest absolute Gasteiger partial charge is 0.471 e. The second-order valence-electron chi connectivity index (χ2n) is 5.94. The van der Waals surface area contributed by atoms with Gasteiger partial charge in [-0.15, -0.1) is 10.2 Å². The number of nitrogens with one attached hydrogen (secondary N) is 1. The van der Waals surface area contributed by atoms with Gasteiger partial charge in [-0.1, -0.05) is 0 Å². The summed E-state index contributed by atoms with van der Waals surface area (Å²) in [6, 6.07) is 2.35. The number of amides is 2. The van der Waals surface area contributed by atoms with Crippen LogP contribution in [0.25, 0.3) is 11.5 Å². The predicted molar refractivity (Wildman–Crippen MR) is 85.0 cm³/mol. The highest BCUT2D eigenvalue weighted by molar-refractivity contribution is 5.90. The third kappa shape index (κ3) is 4.41. The van der Waals surface area contributed by atoms with Gasteiger partial charge in [0.25, 0.3) is 0 Å². The van der Waals surface area contributed by atoms with Gasteiger partial charge in [0.2, 0.25) is 17.7 Å². The lowest BCUT2D eigenvalue weighted by molar-refractivity contribution is -0.186. The molecule has 0 bridgehead atoms. The van der Waals surface area contributed by atoms with E-state index in [9.17, 15) is 22.8 Å². The van der Waals surface area contributed by atoms with Crippen LogP contribution in [0.15, 0.2) is 28.9 Å². The summed E-state index contributed by atoms with van der Waals surface area (Å²) in [5.74, 6) is -2.07. The van der Waals surface area contributed by atoms with E-state index < -0.39 is 24.0 Å². The van der Waals surface area contributed by atoms with Crippen LogP contribution in [0.1, 0.15) is 18.7 Å². The predicted octanol–water partition coefficient (Wildman–Crippen LogP) is 1.34. The van der Waals surface area contributed by atoms with Crippen LogP contribution in [0.3, 0.4) is 0 Å². The third-order valence-corrected chi connectivity index (χ3v) is 4.07. The Balaban J connectivity index is 1.52. The van der Waals surface area contributed by atoms with Gasteiger partial charge >= 0.3 is 12.1 Å². The summed E-state index contributed by atoms with van der Waals surface area (Å²) in [7, 11) is 0. The third-order valence-electron chi connectivity index (χ3n) is 4.07. The molecule has 8 nitrogen and oxygen atoms in total. The van der Waals surface area contributed by atoms with Crippen LogP contribution in [0.5, 0.6) is 0 Å². The van der Waals surface area contributed by atoms with Crippen molar-refractivity contribution in [3.63, 3.8) is 0 Å². The van der Waals surface area contributed by atoms with Crippen molar-refractivity contribution in [1.29, 1.82) is 0 Å². The van der Waals surface area contributed by atoms with Crippen molar-refractivity contribution in [3.8, 4) is 11.5 Å². The molecule has 0 aliphatic carbocycles. The van der Waals surface area contributed by atoms with Gasteiger partial charge in [0.15, 0.2) is 0 Å². The molecule has 1 fully saturated rings. The molecule has 0 spiro atoms. The molecule has 1 unspecified atom stereocenters. The van der Waals surface area contributed by atoms with Crippen molar-refractivity contribution in [1.82, 2.24) is 25.4 Å². The molecule has 11 heteroatoms. The van der Waals surface area contributed by atoms with Crippen molar-refractivity contribution in [3.05, 3.63) is 30.4 Å². The standard InChI is InChI=1S/C16H16F3N5O3/c17-16(18,19)15(26)24-8-2-4-11(24)13(25)21-7-5-12-22-23-14(27-12)10-3-1-6-20-9-10/h1,3,6,9,11H,2,4-5,7-8H2,(H,21,25). The topological polar surface area (TPSA) is 101 Å². The Kier molecular flexibility index (Phi) is 5.38. The zero-order chi connectivity index (χ0) is 19.4. The molecule has 3 rings (SSSR count). The first-order valence-corrected chi connectivity index (χ1v) is 8.24. The first-order chi connectivity index (χ1) is 12.9. The van der Waals surface area contributed by atoms with Gasteiger partial charge < -0.3 is 14.6 Å². The minimum Gasteiger partial charge on any atom is -0.421 e. The Labute approximate surface area is 151 Å². The smallest absolute Gasteiger partial charge is 0.421 e. The number of halogens is 3. The van der Waals surface area contributed by atoms with Gasteiger partial charge in [0.1, 0.15) is 6.04 Å². The molecule has 27 heavy (non-hydrogen) atoms. The van der Waals surface area contributed by atoms with E-state index in [4.69, 9.17) is 4.42 Å². The maximum atomic E-state index is 12.6. The highest BCUT2D eigenvalue weighted by Crippen LogP contribution is 2.25. The number of hydrogen-bond acceptors (Lipinski definition) is 6. The van der Waals surface area contributed by atoms with Crippen molar-refractivity contribution < 1.29 is 27.2 Å². The van der Waals surface area contributed by atoms with Crippen molar-refractivity contribution in [2.75, 3.05) is 13.1 Å². The van der Waals surface area contributed by atoms with Gasteiger partial charge in [-0.3, -0.25) is 14.6 Å². The molecule has 1 atom stereocenters. The second-order valence-corrected chi connectivity index (χ2v) is 5.94. The number of likely N-dealkylation sites (tertiary alicyclic amines) is 1. The van der Waals surface area contributed by atoms with Gasteiger partial charge in [0, 0.05) is 31.9 Å². The number of aromatic nitrogens is 3. The van der Waals surface area contributed by atoms with E-state index in [2.05, 4.69) is 20.5 Å². The lowest BCUT2D eigenvalue weighted by Gasteiger charge is -2.24. The Morgan fingerprint density at radius 1 is 1.33 bits per heavy atom. The van der Waals surface area contributed by atoms with Crippen LogP contribution >= 0.6 is 0 Å². The Bertz CT molecular complexity index is 809. The molecule has 0 saturated carbocycles. The summed E-state index contributed by atoms with van der Waals surface area (Å²) in [6.45, 7) is 0.00656. The number of carbonyl (C=O) groups is 2. The summed E-state index contributed by atoms with van der Waals surface area (Å²) < 4.78 is 43.2. The first-order valence-electron chi connectivity index (χ1n) is 8.24. The Morgan fingerprint density at radius 3 is 2.85 bits per heavy atom. The van der Waals surface area contributed by atoms with E-state index in [1.165, 1.54) is 0 Å². The average Bonchev–Trinajstić information content (AvgIpc) is 3.30. The molecule has 2 aromatic heterocycles. The normalized spacial score (nSPS) is 17.1. The van der Waals surface area contributed by atoms with E-state index >= 15 is 0 Å². The van der Waals surface area contributed by atoms with Crippen molar-refractivity contribution in [2.24, 2.45) is 0 Å². The molecule has 0 aromatic carbocycles. The highest BCUT2D eigenvalue weighted by Gasteiger charge is 2.47. The number of carbonyl (C=O) groups excluding carboxylic acids is 2. The molecular formula is C16H16F3N5O3. The number of nitrogens with zero attached hydrogens (tertiary/aromatic N) is 4. The molecule has 2 amide bonds. The molecule has 1 saturated heterocycles. The monoisotopic (exact) mass is 383 g/mol. The zero-order valence-electron chi connectivity index (χ0n) is 14.1. The van der Waals surface area contributed by atoms with E-state index in [0.717, 1.165) is 0 Å². The number of hydrogen-bond donors (Lipinski definition) is 1. The maximum absolute atomic E-state index is 12.6. The minimum atomic E-state index is -4.99. The fraction of sp³-hybridized carbons (Fsp3) is 0.438. The quantitative estimate of drug-likeness (QED) is 0.836. The van der Waals surface area contributed by atoms with Crippen LogP contribution < -0.4 is 5.32 Å². The molecule has 1 aliphatic heterocycles. The Hall–Kier alpha value is -2.98. The lowest BCUT2D eigenvalue weighted by Crippen LogP contribution is -2.50. The summed E-state index contributed by atoms with van der Waals surface area (Å²) in [5, 5.41) is 10.2. The Morgan fingerprint density at radius 2 is 2.15 bits per heavy atom. The lowest BCUT2D eigenvalue weighted by atomic mass is 10.2. The van der Waals surface area contributed by atoms with Crippen LogP contribution in [-0.2, 0) is 16.0 Å². The van der Waals surface area contributed by atoms with E-state index in [1.54, 1.807) is 24.5 Å². The van der Waals surface area contributed by atoms with Gasteiger partial charge in [-0.2, -0.15) is 13.2 Å². The summed E-state index contributed by atoms with van der Waals surface area (Å²) in [6.07, 6.45) is -1.08. The number of pyridine rings is 1. The summed E-state index contributed by atoms with van der Waals surface area (Å²) in [5.41, 5.74) is 0.646. The molecule has 1 aliphatic rings. The molecule has 0 radical (unpaired) electrons. The first kappa shape index (κ1) is 18.8. The molecule has 2 aromatic rings. The van der Waals surface area contributed by atoms with Gasteiger partial charge in [0.05, 0.1) is 5.56 Å². The summed E-state index contributed by atoms with van der Waals surface area (Å²) >= 11 is 0. The van der Waals surface area contributed by atoms with Crippen LogP contribution in [0.4, 0.5) is 13.2 Å². The SMILES string of the molecule is O=C(NCCc1nnc(-c2cccnc2)o1)C1CCCN1C(=O)C(F)(F)F. The van der Waals surface area contributed by atoms with Crippen LogP contribution in [0.2, 0.25) is 0 Å². The van der Waals surface area contributed by atoms with Gasteiger partial charge in [-0.05, 0) is 25.0 Å². The number of alkyl halides is 3. The maximum Gasteiger partial charge on any atom is 0.471 e. The van der Waals surface area contributed by atoms with Crippen molar-refractivity contribution in [2.45, 2.75) is 31.5 Å². The van der Waals surface area contributed by atoms with E-state index in [0.29, 0.717) is 16.9 Å². The number of rotatable bonds is 5. The molecular weight excluding hydrogens is 367 g/mol. The fourth-order valence-corrected chi connectivity index (χ4v) is 2.82. The molecule has 1 N–H and O–H groups in total. The fourth-order valence-electron chi connectivity index (χ4n) is 2.82. The van der Waals surface area contributed by atoms with Crippen LogP contribution in [-0.4, -0.2) is 57.2 Å². The second kappa shape index (κ2) is 7.72. The zero-order valence-corrected chi connectivity index (χ0v) is 14.1. The van der Waals surface area contributed by atoms with Gasteiger partial charge in [-0.25, -0.2) is 0 Å². The molecule has 3 heterocycles. The molecule has 144 valence electrons. The summed E-state index contributed by atoms with van der Waals surface area (Å²) in [4.78, 5) is 28.1. The minimum absolute atomic E-state index is 0.0887. The van der Waals surface area contributed by atoms with E-state index in [-0.39, 0.29) is 37.7 Å². The average molecular weight is 383 g/mol. The van der Waals surface area contributed by atoms with Crippen LogP contribution in [0, 0.1) is 0 Å².